The lowest BCUT2D eigenvalue weighted by Crippen LogP contribution is -2.44. The monoisotopic (exact) mass is 475 g/mol. The molecule has 0 aliphatic heterocycles. The fourth-order valence-electron chi connectivity index (χ4n) is 3.73. The van der Waals surface area contributed by atoms with Gasteiger partial charge in [0.15, 0.2) is 0 Å². The number of nitrogens with one attached hydrogen (secondary N) is 1. The predicted octanol–water partition coefficient (Wildman–Crippen LogP) is 7.61. The van der Waals surface area contributed by atoms with Crippen molar-refractivity contribution in [2.45, 2.75) is 117 Å². The van der Waals surface area contributed by atoms with Gasteiger partial charge in [-0.25, -0.2) is 9.59 Å². The van der Waals surface area contributed by atoms with E-state index in [0.29, 0.717) is 13.0 Å². The van der Waals surface area contributed by atoms with E-state index < -0.39 is 18.1 Å². The normalized spacial score (nSPS) is 12.2. The summed E-state index contributed by atoms with van der Waals surface area (Å²) >= 11 is 0. The number of amides is 1. The zero-order valence-electron chi connectivity index (χ0n) is 22.2. The molecule has 1 amide bonds. The Bertz CT molecular complexity index is 654. The first kappa shape index (κ1) is 30.0. The van der Waals surface area contributed by atoms with Gasteiger partial charge in [-0.15, -0.1) is 0 Å². The lowest BCUT2D eigenvalue weighted by molar-refractivity contribution is -0.146. The van der Waals surface area contributed by atoms with Crippen LogP contribution in [0, 0.1) is 5.41 Å². The summed E-state index contributed by atoms with van der Waals surface area (Å²) in [7, 11) is 0. The minimum atomic E-state index is -0.757. The SMILES string of the molecule is CCCCCCCCCCCCCCOC(=O)C(Cc1ccccc1)NC(=O)OCC(C)(C)C. The molecule has 0 saturated heterocycles. The zero-order chi connectivity index (χ0) is 25.1. The second-order valence-electron chi connectivity index (χ2n) is 10.6. The van der Waals surface area contributed by atoms with Crippen molar-refractivity contribution in [1.29, 1.82) is 0 Å². The molecule has 1 rings (SSSR count). The number of hydrogen-bond acceptors (Lipinski definition) is 4. The fourth-order valence-corrected chi connectivity index (χ4v) is 3.73. The third-order valence-electron chi connectivity index (χ3n) is 5.74. The maximum atomic E-state index is 12.7. The number of carbonyl (C=O) groups excluding carboxylic acids is 2. The topological polar surface area (TPSA) is 64.6 Å². The van der Waals surface area contributed by atoms with Gasteiger partial charge >= 0.3 is 12.1 Å². The molecule has 0 spiro atoms. The third kappa shape index (κ3) is 16.6. The zero-order valence-corrected chi connectivity index (χ0v) is 22.2. The number of rotatable bonds is 18. The van der Waals surface area contributed by atoms with Crippen LogP contribution in [0.5, 0.6) is 0 Å². The van der Waals surface area contributed by atoms with Crippen molar-refractivity contribution in [2.24, 2.45) is 5.41 Å². The summed E-state index contributed by atoms with van der Waals surface area (Å²) in [5.74, 6) is -0.403. The summed E-state index contributed by atoms with van der Waals surface area (Å²) in [4.78, 5) is 24.9. The molecule has 0 bridgehead atoms. The molecule has 0 radical (unpaired) electrons. The Hall–Kier alpha value is -2.04. The van der Waals surface area contributed by atoms with E-state index in [-0.39, 0.29) is 12.0 Å². The third-order valence-corrected chi connectivity index (χ3v) is 5.74. The van der Waals surface area contributed by atoms with Gasteiger partial charge in [0.05, 0.1) is 13.2 Å². The molecule has 0 aromatic heterocycles. The number of unbranched alkanes of at least 4 members (excludes halogenated alkanes) is 11. The first-order valence-corrected chi connectivity index (χ1v) is 13.5. The molecule has 5 nitrogen and oxygen atoms in total. The van der Waals surface area contributed by atoms with Crippen LogP contribution in [0.2, 0.25) is 0 Å². The Labute approximate surface area is 208 Å². The number of benzene rings is 1. The van der Waals surface area contributed by atoms with Gasteiger partial charge < -0.3 is 14.8 Å². The lowest BCUT2D eigenvalue weighted by atomic mass is 9.99. The van der Waals surface area contributed by atoms with Gasteiger partial charge in [-0.3, -0.25) is 0 Å². The molecule has 0 saturated carbocycles. The molecule has 0 fully saturated rings. The first-order valence-electron chi connectivity index (χ1n) is 13.5. The summed E-state index contributed by atoms with van der Waals surface area (Å²) in [6.07, 6.45) is 14.9. The highest BCUT2D eigenvalue weighted by Crippen LogP contribution is 2.14. The van der Waals surface area contributed by atoms with Crippen molar-refractivity contribution < 1.29 is 19.1 Å². The van der Waals surface area contributed by atoms with Gasteiger partial charge in [-0.05, 0) is 17.4 Å². The number of carbonyl (C=O) groups is 2. The van der Waals surface area contributed by atoms with Gasteiger partial charge in [0.2, 0.25) is 0 Å². The standard InChI is InChI=1S/C29H49NO4/c1-5-6-7-8-9-10-11-12-13-14-15-19-22-33-27(31)26(23-25-20-17-16-18-21-25)30-28(32)34-24-29(2,3)4/h16-18,20-21,26H,5-15,19,22-24H2,1-4H3,(H,30,32). The minimum Gasteiger partial charge on any atom is -0.464 e. The molecular formula is C29H49NO4. The summed E-state index contributed by atoms with van der Waals surface area (Å²) in [5.41, 5.74) is 0.826. The van der Waals surface area contributed by atoms with Crippen LogP contribution in [0.15, 0.2) is 30.3 Å². The molecule has 0 aliphatic rings. The van der Waals surface area contributed by atoms with Crippen LogP contribution in [-0.4, -0.2) is 31.3 Å². The lowest BCUT2D eigenvalue weighted by Gasteiger charge is -2.21. The Morgan fingerprint density at radius 3 is 1.85 bits per heavy atom. The molecule has 0 aliphatic carbocycles. The number of esters is 1. The average molecular weight is 476 g/mol. The fraction of sp³-hybridized carbons (Fsp3) is 0.724. The van der Waals surface area contributed by atoms with Crippen LogP contribution >= 0.6 is 0 Å². The molecule has 1 N–H and O–H groups in total. The van der Waals surface area contributed by atoms with E-state index in [0.717, 1.165) is 18.4 Å². The molecule has 34 heavy (non-hydrogen) atoms. The van der Waals surface area contributed by atoms with Crippen LogP contribution in [0.1, 0.15) is 110 Å². The molecule has 194 valence electrons. The average Bonchev–Trinajstić information content (AvgIpc) is 2.80. The van der Waals surface area contributed by atoms with Crippen LogP contribution < -0.4 is 5.32 Å². The Morgan fingerprint density at radius 2 is 1.32 bits per heavy atom. The maximum absolute atomic E-state index is 12.7. The van der Waals surface area contributed by atoms with Crippen molar-refractivity contribution in [3.8, 4) is 0 Å². The minimum absolute atomic E-state index is 0.137. The smallest absolute Gasteiger partial charge is 0.407 e. The summed E-state index contributed by atoms with van der Waals surface area (Å²) in [6.45, 7) is 8.90. The number of ether oxygens (including phenoxy) is 2. The van der Waals surface area contributed by atoms with Gasteiger partial charge in [-0.1, -0.05) is 129 Å². The summed E-state index contributed by atoms with van der Waals surface area (Å²) in [5, 5.41) is 2.70. The van der Waals surface area contributed by atoms with E-state index in [1.807, 2.05) is 51.1 Å². The van der Waals surface area contributed by atoms with Crippen molar-refractivity contribution in [1.82, 2.24) is 5.32 Å². The molecular weight excluding hydrogens is 426 g/mol. The van der Waals surface area contributed by atoms with Crippen molar-refractivity contribution in [3.63, 3.8) is 0 Å². The van der Waals surface area contributed by atoms with Gasteiger partial charge in [-0.2, -0.15) is 0 Å². The summed E-state index contributed by atoms with van der Waals surface area (Å²) in [6, 6.07) is 8.88. The molecule has 1 aromatic carbocycles. The van der Waals surface area contributed by atoms with E-state index in [1.54, 1.807) is 0 Å². The van der Waals surface area contributed by atoms with E-state index in [4.69, 9.17) is 9.47 Å². The highest BCUT2D eigenvalue weighted by molar-refractivity contribution is 5.81. The van der Waals surface area contributed by atoms with Gasteiger partial charge in [0.25, 0.3) is 0 Å². The Morgan fingerprint density at radius 1 is 0.794 bits per heavy atom. The molecule has 1 aromatic rings. The highest BCUT2D eigenvalue weighted by Gasteiger charge is 2.24. The molecule has 1 unspecified atom stereocenters. The van der Waals surface area contributed by atoms with Gasteiger partial charge in [0.1, 0.15) is 6.04 Å². The van der Waals surface area contributed by atoms with Gasteiger partial charge in [0, 0.05) is 6.42 Å². The van der Waals surface area contributed by atoms with Crippen LogP contribution in [0.4, 0.5) is 4.79 Å². The molecule has 5 heteroatoms. The maximum Gasteiger partial charge on any atom is 0.407 e. The number of alkyl carbamates (subject to hydrolysis) is 1. The summed E-state index contributed by atoms with van der Waals surface area (Å²) < 4.78 is 10.8. The number of hydrogen-bond donors (Lipinski definition) is 1. The highest BCUT2D eigenvalue weighted by atomic mass is 16.6. The van der Waals surface area contributed by atoms with Crippen LogP contribution in [0.3, 0.4) is 0 Å². The van der Waals surface area contributed by atoms with Crippen molar-refractivity contribution in [2.75, 3.05) is 13.2 Å². The Balaban J connectivity index is 2.27. The van der Waals surface area contributed by atoms with E-state index in [1.165, 1.54) is 64.2 Å². The van der Waals surface area contributed by atoms with E-state index in [9.17, 15) is 9.59 Å². The molecule has 1 atom stereocenters. The van der Waals surface area contributed by atoms with Crippen LogP contribution in [0.25, 0.3) is 0 Å². The van der Waals surface area contributed by atoms with Crippen LogP contribution in [-0.2, 0) is 20.7 Å². The van der Waals surface area contributed by atoms with E-state index >= 15 is 0 Å². The van der Waals surface area contributed by atoms with Crippen molar-refractivity contribution >= 4 is 12.1 Å². The largest absolute Gasteiger partial charge is 0.464 e. The molecule has 0 heterocycles. The quantitative estimate of drug-likeness (QED) is 0.175. The first-order chi connectivity index (χ1) is 16.3. The van der Waals surface area contributed by atoms with E-state index in [2.05, 4.69) is 12.2 Å². The van der Waals surface area contributed by atoms with Crippen molar-refractivity contribution in [3.05, 3.63) is 35.9 Å². The second-order valence-corrected chi connectivity index (χ2v) is 10.6. The second kappa shape index (κ2) is 18.3. The Kier molecular flexibility index (Phi) is 16.1. The predicted molar refractivity (Wildman–Crippen MR) is 140 cm³/mol.